The van der Waals surface area contributed by atoms with Crippen LogP contribution in [-0.2, 0) is 9.59 Å². The van der Waals surface area contributed by atoms with E-state index in [2.05, 4.69) is 0 Å². The van der Waals surface area contributed by atoms with Gasteiger partial charge in [0, 0.05) is 13.0 Å². The quantitative estimate of drug-likeness (QED) is 0.703. The summed E-state index contributed by atoms with van der Waals surface area (Å²) in [4.78, 5) is 23.6. The summed E-state index contributed by atoms with van der Waals surface area (Å²) in [5, 5.41) is 8.68. The lowest BCUT2D eigenvalue weighted by molar-refractivity contribution is -0.144. The zero-order valence-electron chi connectivity index (χ0n) is 9.82. The number of carbonyl (C=O) groups is 2. The van der Waals surface area contributed by atoms with Gasteiger partial charge in [0.2, 0.25) is 5.91 Å². The molecule has 0 bridgehead atoms. The van der Waals surface area contributed by atoms with Gasteiger partial charge in [-0.05, 0) is 12.3 Å². The van der Waals surface area contributed by atoms with Gasteiger partial charge >= 0.3 is 5.97 Å². The van der Waals surface area contributed by atoms with Crippen molar-refractivity contribution in [1.82, 2.24) is 4.90 Å². The number of carboxylic acids is 1. The number of hydrogen-bond donors (Lipinski definition) is 1. The molecule has 88 valence electrons. The zero-order valence-corrected chi connectivity index (χ0v) is 9.82. The van der Waals surface area contributed by atoms with Crippen LogP contribution < -0.4 is 0 Å². The number of aliphatic carboxylic acids is 1. The molecule has 0 saturated heterocycles. The van der Waals surface area contributed by atoms with Crippen LogP contribution in [-0.4, -0.2) is 35.0 Å². The molecule has 0 aromatic rings. The molecule has 0 aromatic carbocycles. The second-order valence-electron chi connectivity index (χ2n) is 4.17. The van der Waals surface area contributed by atoms with Crippen molar-refractivity contribution in [2.45, 2.75) is 40.0 Å². The Kier molecular flexibility index (Phi) is 6.75. The first-order valence-corrected chi connectivity index (χ1v) is 5.47. The van der Waals surface area contributed by atoms with Gasteiger partial charge in [-0.1, -0.05) is 27.2 Å². The third-order valence-electron chi connectivity index (χ3n) is 2.01. The summed E-state index contributed by atoms with van der Waals surface area (Å²) in [6, 6.07) is 0. The van der Waals surface area contributed by atoms with Crippen molar-refractivity contribution in [3.63, 3.8) is 0 Å². The van der Waals surface area contributed by atoms with Crippen molar-refractivity contribution in [3.8, 4) is 0 Å². The van der Waals surface area contributed by atoms with Gasteiger partial charge in [-0.15, -0.1) is 0 Å². The van der Waals surface area contributed by atoms with E-state index in [1.165, 1.54) is 4.90 Å². The van der Waals surface area contributed by atoms with Crippen LogP contribution in [0, 0.1) is 5.92 Å². The molecule has 0 rings (SSSR count). The van der Waals surface area contributed by atoms with Crippen LogP contribution >= 0.6 is 0 Å². The van der Waals surface area contributed by atoms with Crippen LogP contribution in [0.1, 0.15) is 40.0 Å². The van der Waals surface area contributed by atoms with Crippen molar-refractivity contribution in [2.75, 3.05) is 13.1 Å². The summed E-state index contributed by atoms with van der Waals surface area (Å²) >= 11 is 0. The third kappa shape index (κ3) is 6.94. The van der Waals surface area contributed by atoms with Crippen molar-refractivity contribution in [3.05, 3.63) is 0 Å². The number of hydrogen-bond acceptors (Lipinski definition) is 2. The largest absolute Gasteiger partial charge is 0.480 e. The van der Waals surface area contributed by atoms with Gasteiger partial charge in [0.25, 0.3) is 0 Å². The van der Waals surface area contributed by atoms with E-state index in [1.54, 1.807) is 0 Å². The minimum Gasteiger partial charge on any atom is -0.480 e. The molecule has 0 spiro atoms. The molecule has 0 saturated carbocycles. The maximum atomic E-state index is 11.6. The summed E-state index contributed by atoms with van der Waals surface area (Å²) in [5.74, 6) is -0.691. The third-order valence-corrected chi connectivity index (χ3v) is 2.01. The van der Waals surface area contributed by atoms with Crippen molar-refractivity contribution in [1.29, 1.82) is 0 Å². The summed E-state index contributed by atoms with van der Waals surface area (Å²) in [7, 11) is 0. The van der Waals surface area contributed by atoms with Gasteiger partial charge in [-0.3, -0.25) is 9.59 Å². The molecule has 4 nitrogen and oxygen atoms in total. The summed E-state index contributed by atoms with van der Waals surface area (Å²) in [6.45, 7) is 6.30. The van der Waals surface area contributed by atoms with E-state index in [-0.39, 0.29) is 12.5 Å². The molecule has 0 unspecified atom stereocenters. The van der Waals surface area contributed by atoms with Gasteiger partial charge in [0.1, 0.15) is 6.54 Å². The second kappa shape index (κ2) is 7.26. The molecule has 15 heavy (non-hydrogen) atoms. The summed E-state index contributed by atoms with van der Waals surface area (Å²) in [6.07, 6.45) is 2.23. The molecule has 0 aliphatic heterocycles. The van der Waals surface area contributed by atoms with Gasteiger partial charge in [0.05, 0.1) is 0 Å². The first-order valence-electron chi connectivity index (χ1n) is 5.47. The molecule has 0 fully saturated rings. The maximum Gasteiger partial charge on any atom is 0.323 e. The number of carboxylic acid groups (broad SMARTS) is 1. The zero-order chi connectivity index (χ0) is 11.8. The smallest absolute Gasteiger partial charge is 0.323 e. The van der Waals surface area contributed by atoms with Crippen LogP contribution in [0.2, 0.25) is 0 Å². The van der Waals surface area contributed by atoms with Gasteiger partial charge < -0.3 is 10.0 Å². The predicted molar refractivity (Wildman–Crippen MR) is 58.6 cm³/mol. The number of amides is 1. The predicted octanol–water partition coefficient (Wildman–Crippen LogP) is 1.75. The van der Waals surface area contributed by atoms with E-state index in [4.69, 9.17) is 5.11 Å². The second-order valence-corrected chi connectivity index (χ2v) is 4.17. The van der Waals surface area contributed by atoms with E-state index < -0.39 is 5.97 Å². The molecule has 0 aromatic heterocycles. The Balaban J connectivity index is 4.20. The highest BCUT2D eigenvalue weighted by Crippen LogP contribution is 2.04. The normalized spacial score (nSPS) is 10.4. The highest BCUT2D eigenvalue weighted by Gasteiger charge is 2.16. The molecule has 1 amide bonds. The van der Waals surface area contributed by atoms with Crippen LogP contribution in [0.4, 0.5) is 0 Å². The van der Waals surface area contributed by atoms with Crippen LogP contribution in [0.15, 0.2) is 0 Å². The molecule has 1 N–H and O–H groups in total. The fourth-order valence-electron chi connectivity index (χ4n) is 1.34. The highest BCUT2D eigenvalue weighted by molar-refractivity contribution is 5.81. The molecule has 4 heteroatoms. The standard InChI is InChI=1S/C11H21NO3/c1-4-5-6-10(13)12(7-9(2)3)8-11(14)15/h9H,4-8H2,1-3H3,(H,14,15). The molecular formula is C11H21NO3. The Labute approximate surface area is 91.3 Å². The average Bonchev–Trinajstić information content (AvgIpc) is 2.11. The fraction of sp³-hybridized carbons (Fsp3) is 0.818. The maximum absolute atomic E-state index is 11.6. The van der Waals surface area contributed by atoms with Gasteiger partial charge in [-0.25, -0.2) is 0 Å². The van der Waals surface area contributed by atoms with Crippen LogP contribution in [0.25, 0.3) is 0 Å². The Hall–Kier alpha value is -1.06. The minimum absolute atomic E-state index is 0.0482. The van der Waals surface area contributed by atoms with E-state index in [9.17, 15) is 9.59 Å². The average molecular weight is 215 g/mol. The fourth-order valence-corrected chi connectivity index (χ4v) is 1.34. The first kappa shape index (κ1) is 13.9. The topological polar surface area (TPSA) is 57.6 Å². The molecule has 0 atom stereocenters. The summed E-state index contributed by atoms with van der Waals surface area (Å²) in [5.41, 5.74) is 0. The number of unbranched alkanes of at least 4 members (excludes halogenated alkanes) is 1. The number of carbonyl (C=O) groups excluding carboxylic acids is 1. The number of rotatable bonds is 7. The van der Waals surface area contributed by atoms with E-state index in [1.807, 2.05) is 20.8 Å². The minimum atomic E-state index is -0.944. The summed E-state index contributed by atoms with van der Waals surface area (Å²) < 4.78 is 0. The molecule has 0 aliphatic rings. The Morgan fingerprint density at radius 3 is 2.33 bits per heavy atom. The molecule has 0 heterocycles. The van der Waals surface area contributed by atoms with Crippen LogP contribution in [0.3, 0.4) is 0 Å². The van der Waals surface area contributed by atoms with E-state index >= 15 is 0 Å². The van der Waals surface area contributed by atoms with Crippen molar-refractivity contribution < 1.29 is 14.7 Å². The monoisotopic (exact) mass is 215 g/mol. The van der Waals surface area contributed by atoms with Gasteiger partial charge in [-0.2, -0.15) is 0 Å². The highest BCUT2D eigenvalue weighted by atomic mass is 16.4. The lowest BCUT2D eigenvalue weighted by Crippen LogP contribution is -2.38. The van der Waals surface area contributed by atoms with Crippen molar-refractivity contribution in [2.24, 2.45) is 5.92 Å². The van der Waals surface area contributed by atoms with E-state index in [0.717, 1.165) is 12.8 Å². The molecular weight excluding hydrogens is 194 g/mol. The Morgan fingerprint density at radius 1 is 1.33 bits per heavy atom. The molecule has 0 aliphatic carbocycles. The van der Waals surface area contributed by atoms with Crippen LogP contribution in [0.5, 0.6) is 0 Å². The Bertz CT molecular complexity index is 214. The molecule has 0 radical (unpaired) electrons. The lowest BCUT2D eigenvalue weighted by Gasteiger charge is -2.22. The van der Waals surface area contributed by atoms with Crippen molar-refractivity contribution >= 4 is 11.9 Å². The van der Waals surface area contributed by atoms with Gasteiger partial charge in [0.15, 0.2) is 0 Å². The Morgan fingerprint density at radius 2 is 1.93 bits per heavy atom. The van der Waals surface area contributed by atoms with E-state index in [0.29, 0.717) is 18.9 Å². The SMILES string of the molecule is CCCCC(=O)N(CC(=O)O)CC(C)C. The number of nitrogens with zero attached hydrogens (tertiary/aromatic N) is 1. The first-order chi connectivity index (χ1) is 6.97. The lowest BCUT2D eigenvalue weighted by atomic mass is 10.2.